The molecule has 4 rings (SSSR count). The number of rotatable bonds is 4. The van der Waals surface area contributed by atoms with Gasteiger partial charge in [0.15, 0.2) is 0 Å². The van der Waals surface area contributed by atoms with E-state index in [1.165, 1.54) is 0 Å². The van der Waals surface area contributed by atoms with Crippen molar-refractivity contribution in [2.75, 3.05) is 32.7 Å². The number of amides is 2. The zero-order chi connectivity index (χ0) is 23.8. The third-order valence-electron chi connectivity index (χ3n) is 6.76. The molecule has 7 nitrogen and oxygen atoms in total. The SMILES string of the molecule is CC(C)N1CCN(C(=O)c2ccc3c(ccn3CC3CCCN3C(=O)OC(C)(C)C)c2)CC1. The van der Waals surface area contributed by atoms with E-state index in [2.05, 4.69) is 35.6 Å². The average Bonchev–Trinajstić information content (AvgIpc) is 3.39. The third kappa shape index (κ3) is 5.35. The largest absolute Gasteiger partial charge is 0.444 e. The van der Waals surface area contributed by atoms with Crippen molar-refractivity contribution >= 4 is 22.9 Å². The van der Waals surface area contributed by atoms with Gasteiger partial charge < -0.3 is 19.1 Å². The summed E-state index contributed by atoms with van der Waals surface area (Å²) in [6, 6.07) is 8.69. The monoisotopic (exact) mass is 454 g/mol. The highest BCUT2D eigenvalue weighted by molar-refractivity contribution is 5.98. The number of ether oxygens (including phenoxy) is 1. The van der Waals surface area contributed by atoms with Crippen LogP contribution >= 0.6 is 0 Å². The summed E-state index contributed by atoms with van der Waals surface area (Å²) in [6.07, 6.45) is 3.79. The van der Waals surface area contributed by atoms with Crippen molar-refractivity contribution in [1.82, 2.24) is 19.3 Å². The van der Waals surface area contributed by atoms with Crippen molar-refractivity contribution < 1.29 is 14.3 Å². The van der Waals surface area contributed by atoms with E-state index in [1.54, 1.807) is 0 Å². The van der Waals surface area contributed by atoms with Gasteiger partial charge >= 0.3 is 6.09 Å². The van der Waals surface area contributed by atoms with Crippen LogP contribution in [0.25, 0.3) is 10.9 Å². The van der Waals surface area contributed by atoms with Gasteiger partial charge in [-0.1, -0.05) is 0 Å². The minimum absolute atomic E-state index is 0.111. The molecule has 0 radical (unpaired) electrons. The van der Waals surface area contributed by atoms with Crippen LogP contribution in [0.3, 0.4) is 0 Å². The van der Waals surface area contributed by atoms with Crippen LogP contribution in [0, 0.1) is 0 Å². The number of nitrogens with zero attached hydrogens (tertiary/aromatic N) is 4. The number of benzene rings is 1. The molecule has 0 saturated carbocycles. The molecule has 3 heterocycles. The quantitative estimate of drug-likeness (QED) is 0.695. The van der Waals surface area contributed by atoms with E-state index >= 15 is 0 Å². The zero-order valence-electron chi connectivity index (χ0n) is 20.7. The highest BCUT2D eigenvalue weighted by Crippen LogP contribution is 2.25. The Bertz CT molecular complexity index is 999. The molecule has 0 spiro atoms. The van der Waals surface area contributed by atoms with Gasteiger partial charge in [0.25, 0.3) is 5.91 Å². The molecule has 0 aliphatic carbocycles. The number of hydrogen-bond acceptors (Lipinski definition) is 4. The van der Waals surface area contributed by atoms with E-state index < -0.39 is 5.60 Å². The Balaban J connectivity index is 1.44. The molecule has 0 N–H and O–H groups in total. The van der Waals surface area contributed by atoms with Crippen LogP contribution < -0.4 is 0 Å². The molecule has 1 aromatic carbocycles. The Labute approximate surface area is 197 Å². The smallest absolute Gasteiger partial charge is 0.410 e. The summed E-state index contributed by atoms with van der Waals surface area (Å²) in [4.78, 5) is 32.0. The Hall–Kier alpha value is -2.54. The van der Waals surface area contributed by atoms with Crippen molar-refractivity contribution in [2.45, 2.75) is 71.7 Å². The van der Waals surface area contributed by atoms with Crippen LogP contribution in [0.2, 0.25) is 0 Å². The second-order valence-electron chi connectivity index (χ2n) is 10.6. The lowest BCUT2D eigenvalue weighted by Gasteiger charge is -2.37. The van der Waals surface area contributed by atoms with Crippen LogP contribution in [0.5, 0.6) is 0 Å². The molecule has 7 heteroatoms. The minimum Gasteiger partial charge on any atom is -0.444 e. The highest BCUT2D eigenvalue weighted by atomic mass is 16.6. The Morgan fingerprint density at radius 1 is 1.06 bits per heavy atom. The van der Waals surface area contributed by atoms with E-state index in [-0.39, 0.29) is 18.0 Å². The summed E-state index contributed by atoms with van der Waals surface area (Å²) in [6.45, 7) is 15.0. The maximum atomic E-state index is 13.1. The Morgan fingerprint density at radius 3 is 2.45 bits per heavy atom. The van der Waals surface area contributed by atoms with E-state index in [0.29, 0.717) is 6.04 Å². The first-order valence-electron chi connectivity index (χ1n) is 12.2. The fourth-order valence-corrected chi connectivity index (χ4v) is 4.93. The highest BCUT2D eigenvalue weighted by Gasteiger charge is 2.32. The lowest BCUT2D eigenvalue weighted by molar-refractivity contribution is 0.0215. The summed E-state index contributed by atoms with van der Waals surface area (Å²) in [5.41, 5.74) is 1.34. The molecule has 2 aliphatic heterocycles. The summed E-state index contributed by atoms with van der Waals surface area (Å²) in [7, 11) is 0. The average molecular weight is 455 g/mol. The summed E-state index contributed by atoms with van der Waals surface area (Å²) in [5, 5.41) is 1.06. The van der Waals surface area contributed by atoms with E-state index in [1.807, 2.05) is 48.8 Å². The van der Waals surface area contributed by atoms with Crippen molar-refractivity contribution in [1.29, 1.82) is 0 Å². The molecule has 1 unspecified atom stereocenters. The van der Waals surface area contributed by atoms with E-state index in [4.69, 9.17) is 4.74 Å². The van der Waals surface area contributed by atoms with Gasteiger partial charge in [0.1, 0.15) is 5.60 Å². The Morgan fingerprint density at radius 2 is 1.79 bits per heavy atom. The molecule has 2 saturated heterocycles. The van der Waals surface area contributed by atoms with Gasteiger partial charge in [-0.3, -0.25) is 9.69 Å². The first-order valence-corrected chi connectivity index (χ1v) is 12.2. The topological polar surface area (TPSA) is 58.0 Å². The fraction of sp³-hybridized carbons (Fsp3) is 0.615. The van der Waals surface area contributed by atoms with Gasteiger partial charge in [-0.15, -0.1) is 0 Å². The van der Waals surface area contributed by atoms with Crippen LogP contribution in [-0.4, -0.2) is 81.7 Å². The zero-order valence-corrected chi connectivity index (χ0v) is 20.7. The first-order chi connectivity index (χ1) is 15.6. The van der Waals surface area contributed by atoms with Crippen LogP contribution in [-0.2, 0) is 11.3 Å². The molecule has 2 aliphatic rings. The fourth-order valence-electron chi connectivity index (χ4n) is 4.93. The Kier molecular flexibility index (Phi) is 6.71. The first kappa shape index (κ1) is 23.6. The third-order valence-corrected chi connectivity index (χ3v) is 6.76. The molecule has 1 aromatic heterocycles. The second-order valence-corrected chi connectivity index (χ2v) is 10.6. The van der Waals surface area contributed by atoms with E-state index in [0.717, 1.165) is 68.6 Å². The lowest BCUT2D eigenvalue weighted by atomic mass is 10.1. The molecule has 2 fully saturated rings. The number of carbonyl (C=O) groups is 2. The molecule has 180 valence electrons. The number of aromatic nitrogens is 1. The molecule has 1 atom stereocenters. The van der Waals surface area contributed by atoms with Crippen LogP contribution in [0.1, 0.15) is 57.8 Å². The summed E-state index contributed by atoms with van der Waals surface area (Å²) >= 11 is 0. The maximum Gasteiger partial charge on any atom is 0.410 e. The number of hydrogen-bond donors (Lipinski definition) is 0. The predicted molar refractivity (Wildman–Crippen MR) is 131 cm³/mol. The van der Waals surface area contributed by atoms with Gasteiger partial charge in [-0.05, 0) is 71.7 Å². The van der Waals surface area contributed by atoms with Crippen molar-refractivity contribution in [3.63, 3.8) is 0 Å². The standard InChI is InChI=1S/C26H38N4O3/c1-19(2)27-13-15-28(16-14-27)24(31)21-8-9-23-20(17-21)10-12-29(23)18-22-7-6-11-30(22)25(32)33-26(3,4)5/h8-10,12,17,19,22H,6-7,11,13-16,18H2,1-5H3. The summed E-state index contributed by atoms with van der Waals surface area (Å²) < 4.78 is 7.80. The molecule has 0 bridgehead atoms. The lowest BCUT2D eigenvalue weighted by Crippen LogP contribution is -2.50. The van der Waals surface area contributed by atoms with Crippen LogP contribution in [0.15, 0.2) is 30.5 Å². The van der Waals surface area contributed by atoms with Gasteiger partial charge in [-0.25, -0.2) is 4.79 Å². The van der Waals surface area contributed by atoms with Gasteiger partial charge in [0.05, 0.1) is 6.04 Å². The second kappa shape index (κ2) is 9.37. The van der Waals surface area contributed by atoms with E-state index in [9.17, 15) is 9.59 Å². The number of carbonyl (C=O) groups excluding carboxylic acids is 2. The predicted octanol–water partition coefficient (Wildman–Crippen LogP) is 4.21. The van der Waals surface area contributed by atoms with Gasteiger partial charge in [0, 0.05) is 68.0 Å². The van der Waals surface area contributed by atoms with Gasteiger partial charge in [0.2, 0.25) is 0 Å². The number of piperazine rings is 1. The number of fused-ring (bicyclic) bond motifs is 1. The van der Waals surface area contributed by atoms with Gasteiger partial charge in [-0.2, -0.15) is 0 Å². The molecular weight excluding hydrogens is 416 g/mol. The number of likely N-dealkylation sites (tertiary alicyclic amines) is 1. The van der Waals surface area contributed by atoms with Crippen molar-refractivity contribution in [3.05, 3.63) is 36.0 Å². The van der Waals surface area contributed by atoms with Crippen molar-refractivity contribution in [2.24, 2.45) is 0 Å². The molecular formula is C26H38N4O3. The molecule has 33 heavy (non-hydrogen) atoms. The molecule has 2 amide bonds. The maximum absolute atomic E-state index is 13.1. The minimum atomic E-state index is -0.491. The molecule has 2 aromatic rings. The van der Waals surface area contributed by atoms with Crippen LogP contribution in [0.4, 0.5) is 4.79 Å². The van der Waals surface area contributed by atoms with Crippen molar-refractivity contribution in [3.8, 4) is 0 Å². The normalized spacial score (nSPS) is 20.1. The summed E-state index contributed by atoms with van der Waals surface area (Å²) in [5.74, 6) is 0.111.